The van der Waals surface area contributed by atoms with Crippen LogP contribution in [-0.4, -0.2) is 21.6 Å². The predicted molar refractivity (Wildman–Crippen MR) is 92.1 cm³/mol. The zero-order valence-corrected chi connectivity index (χ0v) is 14.4. The molecule has 0 bridgehead atoms. The zero-order chi connectivity index (χ0) is 16.4. The Morgan fingerprint density at radius 3 is 3.04 bits per heavy atom. The van der Waals surface area contributed by atoms with Crippen molar-refractivity contribution in [3.63, 3.8) is 0 Å². The number of thioether (sulfide) groups is 1. The maximum Gasteiger partial charge on any atom is 0.231 e. The molecule has 1 aromatic carbocycles. The summed E-state index contributed by atoms with van der Waals surface area (Å²) in [7, 11) is 0. The Balaban J connectivity index is 1.62. The van der Waals surface area contributed by atoms with E-state index in [1.165, 1.54) is 11.8 Å². The van der Waals surface area contributed by atoms with Crippen molar-refractivity contribution >= 4 is 51.9 Å². The van der Waals surface area contributed by atoms with Crippen molar-refractivity contribution < 1.29 is 9.21 Å². The molecule has 0 radical (unpaired) electrons. The molecule has 2 aromatic heterocycles. The Labute approximate surface area is 146 Å². The number of hydrogen-bond acceptors (Lipinski definition) is 4. The first-order chi connectivity index (χ1) is 11.0. The molecule has 1 amide bonds. The van der Waals surface area contributed by atoms with Crippen molar-refractivity contribution in [2.75, 3.05) is 5.75 Å². The molecule has 0 aliphatic rings. The van der Waals surface area contributed by atoms with Crippen LogP contribution in [0.5, 0.6) is 0 Å². The molecule has 5 nitrogen and oxygen atoms in total. The third-order valence-corrected chi connectivity index (χ3v) is 4.55. The molecular weight excluding hydrogens is 357 g/mol. The first-order valence-electron chi connectivity index (χ1n) is 6.83. The molecule has 3 rings (SSSR count). The van der Waals surface area contributed by atoms with E-state index in [0.29, 0.717) is 26.5 Å². The second kappa shape index (κ2) is 6.86. The minimum Gasteiger partial charge on any atom is -0.467 e. The Morgan fingerprint density at radius 2 is 2.30 bits per heavy atom. The summed E-state index contributed by atoms with van der Waals surface area (Å²) in [5.74, 6) is 0.841. The van der Waals surface area contributed by atoms with Crippen LogP contribution in [0.3, 0.4) is 0 Å². The lowest BCUT2D eigenvalue weighted by molar-refractivity contribution is -0.119. The van der Waals surface area contributed by atoms with Crippen LogP contribution in [0.2, 0.25) is 10.0 Å². The summed E-state index contributed by atoms with van der Waals surface area (Å²) in [5.41, 5.74) is 1.39. The number of H-pyrrole nitrogens is 1. The molecule has 3 aromatic rings. The minimum absolute atomic E-state index is 0.108. The van der Waals surface area contributed by atoms with Gasteiger partial charge in [0, 0.05) is 5.02 Å². The molecule has 0 saturated carbocycles. The van der Waals surface area contributed by atoms with Crippen LogP contribution in [0, 0.1) is 0 Å². The van der Waals surface area contributed by atoms with Crippen LogP contribution in [0.4, 0.5) is 0 Å². The van der Waals surface area contributed by atoms with Gasteiger partial charge in [-0.3, -0.25) is 4.79 Å². The number of halogens is 2. The third-order valence-electron chi connectivity index (χ3n) is 3.17. The lowest BCUT2D eigenvalue weighted by atomic mass is 10.2. The van der Waals surface area contributed by atoms with Crippen molar-refractivity contribution in [1.82, 2.24) is 15.3 Å². The van der Waals surface area contributed by atoms with Crippen LogP contribution >= 0.6 is 35.0 Å². The number of aromatic nitrogens is 2. The van der Waals surface area contributed by atoms with E-state index in [4.69, 9.17) is 27.6 Å². The van der Waals surface area contributed by atoms with Crippen LogP contribution in [0.25, 0.3) is 11.0 Å². The number of fused-ring (bicyclic) bond motifs is 1. The number of carbonyl (C=O) groups is 1. The third kappa shape index (κ3) is 3.83. The van der Waals surface area contributed by atoms with Gasteiger partial charge in [0.1, 0.15) is 11.3 Å². The molecule has 120 valence electrons. The lowest BCUT2D eigenvalue weighted by Gasteiger charge is -2.10. The van der Waals surface area contributed by atoms with Gasteiger partial charge in [-0.1, -0.05) is 35.0 Å². The average Bonchev–Trinajstić information content (AvgIpc) is 3.14. The highest BCUT2D eigenvalue weighted by molar-refractivity contribution is 7.99. The zero-order valence-electron chi connectivity index (χ0n) is 12.1. The summed E-state index contributed by atoms with van der Waals surface area (Å²) in [5, 5.41) is 4.49. The normalized spacial score (nSPS) is 12.5. The SMILES string of the molecule is C[C@H](NC(=O)CSc1nc2c(Cl)cc(Cl)cc2[nH]1)c1ccco1. The highest BCUT2D eigenvalue weighted by Crippen LogP contribution is 2.28. The number of nitrogens with one attached hydrogen (secondary N) is 2. The monoisotopic (exact) mass is 369 g/mol. The second-order valence-electron chi connectivity index (χ2n) is 4.92. The number of amides is 1. The van der Waals surface area contributed by atoms with Gasteiger partial charge in [0.2, 0.25) is 5.91 Å². The Bertz CT molecular complexity index is 833. The van der Waals surface area contributed by atoms with Gasteiger partial charge in [0.15, 0.2) is 5.16 Å². The van der Waals surface area contributed by atoms with Crippen molar-refractivity contribution in [2.45, 2.75) is 18.1 Å². The fraction of sp³-hybridized carbons (Fsp3) is 0.200. The van der Waals surface area contributed by atoms with Gasteiger partial charge in [0.25, 0.3) is 0 Å². The van der Waals surface area contributed by atoms with Crippen molar-refractivity contribution in [3.05, 3.63) is 46.3 Å². The Kier molecular flexibility index (Phi) is 4.84. The summed E-state index contributed by atoms with van der Waals surface area (Å²) in [4.78, 5) is 19.5. The fourth-order valence-corrected chi connectivity index (χ4v) is 3.34. The number of aromatic amines is 1. The van der Waals surface area contributed by atoms with Crippen LogP contribution in [0.1, 0.15) is 18.7 Å². The molecule has 0 fully saturated rings. The molecule has 0 unspecified atom stereocenters. The lowest BCUT2D eigenvalue weighted by Crippen LogP contribution is -2.27. The largest absolute Gasteiger partial charge is 0.467 e. The molecule has 0 spiro atoms. The standard InChI is InChI=1S/C15H13Cl2N3O2S/c1-8(12-3-2-4-22-12)18-13(21)7-23-15-19-11-6-9(16)5-10(17)14(11)20-15/h2-6,8H,7H2,1H3,(H,18,21)(H,19,20)/t8-/m0/s1. The van der Waals surface area contributed by atoms with Gasteiger partial charge >= 0.3 is 0 Å². The summed E-state index contributed by atoms with van der Waals surface area (Å²) in [6.45, 7) is 1.87. The van der Waals surface area contributed by atoms with E-state index >= 15 is 0 Å². The van der Waals surface area contributed by atoms with E-state index in [-0.39, 0.29) is 17.7 Å². The molecular formula is C15H13Cl2N3O2S. The van der Waals surface area contributed by atoms with Gasteiger partial charge in [-0.25, -0.2) is 4.98 Å². The molecule has 0 aliphatic heterocycles. The van der Waals surface area contributed by atoms with E-state index < -0.39 is 0 Å². The van der Waals surface area contributed by atoms with E-state index in [9.17, 15) is 4.79 Å². The number of hydrogen-bond donors (Lipinski definition) is 2. The number of nitrogens with zero attached hydrogens (tertiary/aromatic N) is 1. The molecule has 2 heterocycles. The molecule has 1 atom stereocenters. The molecule has 23 heavy (non-hydrogen) atoms. The van der Waals surface area contributed by atoms with Gasteiger partial charge in [-0.05, 0) is 31.2 Å². The van der Waals surface area contributed by atoms with Gasteiger partial charge in [-0.15, -0.1) is 0 Å². The maximum absolute atomic E-state index is 12.0. The number of rotatable bonds is 5. The van der Waals surface area contributed by atoms with E-state index in [1.54, 1.807) is 24.5 Å². The van der Waals surface area contributed by atoms with E-state index in [2.05, 4.69) is 15.3 Å². The highest BCUT2D eigenvalue weighted by Gasteiger charge is 2.14. The number of imidazole rings is 1. The summed E-state index contributed by atoms with van der Waals surface area (Å²) in [6.07, 6.45) is 1.58. The smallest absolute Gasteiger partial charge is 0.231 e. The van der Waals surface area contributed by atoms with Crippen molar-refractivity contribution in [3.8, 4) is 0 Å². The van der Waals surface area contributed by atoms with E-state index in [0.717, 1.165) is 5.52 Å². The molecule has 8 heteroatoms. The minimum atomic E-state index is -0.179. The van der Waals surface area contributed by atoms with Gasteiger partial charge < -0.3 is 14.7 Å². The topological polar surface area (TPSA) is 70.9 Å². The molecule has 0 saturated heterocycles. The molecule has 0 aliphatic carbocycles. The maximum atomic E-state index is 12.0. The Hall–Kier alpha value is -1.63. The summed E-state index contributed by atoms with van der Waals surface area (Å²) < 4.78 is 5.26. The fourth-order valence-electron chi connectivity index (χ4n) is 2.11. The first kappa shape index (κ1) is 16.2. The first-order valence-corrected chi connectivity index (χ1v) is 8.57. The Morgan fingerprint density at radius 1 is 1.48 bits per heavy atom. The molecule has 2 N–H and O–H groups in total. The van der Waals surface area contributed by atoms with E-state index in [1.807, 2.05) is 13.0 Å². The second-order valence-corrected chi connectivity index (χ2v) is 6.73. The van der Waals surface area contributed by atoms with Gasteiger partial charge in [-0.2, -0.15) is 0 Å². The highest BCUT2D eigenvalue weighted by atomic mass is 35.5. The van der Waals surface area contributed by atoms with Crippen LogP contribution in [-0.2, 0) is 4.79 Å². The van der Waals surface area contributed by atoms with Crippen molar-refractivity contribution in [2.24, 2.45) is 0 Å². The van der Waals surface area contributed by atoms with Gasteiger partial charge in [0.05, 0.1) is 28.6 Å². The number of furan rings is 1. The quantitative estimate of drug-likeness (QED) is 0.652. The van der Waals surface area contributed by atoms with Crippen LogP contribution in [0.15, 0.2) is 40.1 Å². The average molecular weight is 370 g/mol. The van der Waals surface area contributed by atoms with Crippen molar-refractivity contribution in [1.29, 1.82) is 0 Å². The number of carbonyl (C=O) groups excluding carboxylic acids is 1. The number of benzene rings is 1. The summed E-state index contributed by atoms with van der Waals surface area (Å²) in [6, 6.07) is 6.82. The predicted octanol–water partition coefficient (Wildman–Crippen LogP) is 4.43. The van der Waals surface area contributed by atoms with Crippen LogP contribution < -0.4 is 5.32 Å². The summed E-state index contributed by atoms with van der Waals surface area (Å²) >= 11 is 13.4.